The molecule has 1 aromatic carbocycles. The van der Waals surface area contributed by atoms with Crippen LogP contribution in [-0.4, -0.2) is 16.6 Å². The Morgan fingerprint density at radius 2 is 2.18 bits per heavy atom. The monoisotopic (exact) mass is 252 g/mol. The van der Waals surface area contributed by atoms with E-state index in [-0.39, 0.29) is 11.0 Å². The van der Waals surface area contributed by atoms with E-state index in [9.17, 15) is 4.39 Å². The molecule has 1 aromatic heterocycles. The SMILES string of the molecule is CCOc1ccc(-c2ccnc(Cl)n2)cc1F. The fourth-order valence-electron chi connectivity index (χ4n) is 1.43. The summed E-state index contributed by atoms with van der Waals surface area (Å²) in [6.07, 6.45) is 1.53. The number of hydrogen-bond donors (Lipinski definition) is 0. The maximum Gasteiger partial charge on any atom is 0.222 e. The normalized spacial score (nSPS) is 10.3. The molecule has 0 fully saturated rings. The Morgan fingerprint density at radius 3 is 2.82 bits per heavy atom. The first kappa shape index (κ1) is 11.8. The highest BCUT2D eigenvalue weighted by Gasteiger charge is 2.07. The van der Waals surface area contributed by atoms with Crippen LogP contribution in [0, 0.1) is 5.82 Å². The zero-order chi connectivity index (χ0) is 12.3. The second-order valence-corrected chi connectivity index (χ2v) is 3.63. The van der Waals surface area contributed by atoms with Crippen molar-refractivity contribution in [3.05, 3.63) is 41.6 Å². The molecule has 88 valence electrons. The largest absolute Gasteiger partial charge is 0.491 e. The zero-order valence-corrected chi connectivity index (χ0v) is 9.91. The van der Waals surface area contributed by atoms with Gasteiger partial charge in [-0.2, -0.15) is 0 Å². The van der Waals surface area contributed by atoms with Crippen LogP contribution in [0.2, 0.25) is 5.28 Å². The minimum Gasteiger partial charge on any atom is -0.491 e. The number of aromatic nitrogens is 2. The molecule has 0 aliphatic carbocycles. The lowest BCUT2D eigenvalue weighted by molar-refractivity contribution is 0.321. The molecule has 0 saturated carbocycles. The molecule has 0 saturated heterocycles. The number of halogens is 2. The third-order valence-electron chi connectivity index (χ3n) is 2.15. The number of benzene rings is 1. The van der Waals surface area contributed by atoms with E-state index in [2.05, 4.69) is 9.97 Å². The standard InChI is InChI=1S/C12H10ClFN2O/c1-2-17-11-4-3-8(7-9(11)14)10-5-6-15-12(13)16-10/h3-7H,2H2,1H3. The molecule has 1 heterocycles. The van der Waals surface area contributed by atoms with Gasteiger partial charge in [0.05, 0.1) is 12.3 Å². The van der Waals surface area contributed by atoms with E-state index in [0.717, 1.165) is 0 Å². The smallest absolute Gasteiger partial charge is 0.222 e. The Hall–Kier alpha value is -1.68. The highest BCUT2D eigenvalue weighted by atomic mass is 35.5. The Balaban J connectivity index is 2.37. The second kappa shape index (κ2) is 5.10. The lowest BCUT2D eigenvalue weighted by Gasteiger charge is -2.06. The van der Waals surface area contributed by atoms with Gasteiger partial charge in [0.15, 0.2) is 11.6 Å². The number of nitrogens with zero attached hydrogens (tertiary/aromatic N) is 2. The van der Waals surface area contributed by atoms with E-state index in [1.54, 1.807) is 25.1 Å². The average Bonchev–Trinajstić information content (AvgIpc) is 2.32. The molecule has 5 heteroatoms. The van der Waals surface area contributed by atoms with Crippen molar-refractivity contribution in [1.29, 1.82) is 0 Å². The first-order valence-electron chi connectivity index (χ1n) is 5.12. The van der Waals surface area contributed by atoms with Gasteiger partial charge in [0.1, 0.15) is 0 Å². The number of hydrogen-bond acceptors (Lipinski definition) is 3. The summed E-state index contributed by atoms with van der Waals surface area (Å²) in [6.45, 7) is 2.23. The maximum absolute atomic E-state index is 13.6. The number of ether oxygens (including phenoxy) is 1. The molecule has 0 amide bonds. The Morgan fingerprint density at radius 1 is 1.35 bits per heavy atom. The van der Waals surface area contributed by atoms with Crippen LogP contribution < -0.4 is 4.74 Å². The molecule has 17 heavy (non-hydrogen) atoms. The molecular weight excluding hydrogens is 243 g/mol. The zero-order valence-electron chi connectivity index (χ0n) is 9.15. The molecule has 0 radical (unpaired) electrons. The summed E-state index contributed by atoms with van der Waals surface area (Å²) in [5.41, 5.74) is 1.21. The summed E-state index contributed by atoms with van der Waals surface area (Å²) in [5, 5.41) is 0.136. The Bertz CT molecular complexity index is 534. The molecule has 2 rings (SSSR count). The molecule has 0 aliphatic heterocycles. The second-order valence-electron chi connectivity index (χ2n) is 3.29. The van der Waals surface area contributed by atoms with Gasteiger partial charge in [-0.15, -0.1) is 0 Å². The van der Waals surface area contributed by atoms with Gasteiger partial charge in [-0.25, -0.2) is 14.4 Å². The molecule has 0 unspecified atom stereocenters. The van der Waals surface area contributed by atoms with E-state index in [4.69, 9.17) is 16.3 Å². The van der Waals surface area contributed by atoms with Crippen LogP contribution in [0.4, 0.5) is 4.39 Å². The van der Waals surface area contributed by atoms with Gasteiger partial charge in [-0.05, 0) is 42.8 Å². The third-order valence-corrected chi connectivity index (χ3v) is 2.34. The van der Waals surface area contributed by atoms with Crippen molar-refractivity contribution in [3.8, 4) is 17.0 Å². The van der Waals surface area contributed by atoms with Gasteiger partial charge in [-0.1, -0.05) is 0 Å². The Labute approximate surface area is 103 Å². The lowest BCUT2D eigenvalue weighted by Crippen LogP contribution is -1.95. The fraction of sp³-hybridized carbons (Fsp3) is 0.167. The highest BCUT2D eigenvalue weighted by Crippen LogP contribution is 2.24. The lowest BCUT2D eigenvalue weighted by atomic mass is 10.1. The minimum atomic E-state index is -0.418. The van der Waals surface area contributed by atoms with Crippen molar-refractivity contribution < 1.29 is 9.13 Å². The molecule has 0 aliphatic rings. The molecule has 0 atom stereocenters. The van der Waals surface area contributed by atoms with Crippen molar-refractivity contribution in [1.82, 2.24) is 9.97 Å². The van der Waals surface area contributed by atoms with E-state index in [1.165, 1.54) is 12.3 Å². The van der Waals surface area contributed by atoms with Gasteiger partial charge < -0.3 is 4.74 Å². The first-order valence-corrected chi connectivity index (χ1v) is 5.49. The van der Waals surface area contributed by atoms with Gasteiger partial charge in [0.2, 0.25) is 5.28 Å². The summed E-state index contributed by atoms with van der Waals surface area (Å²) >= 11 is 5.67. The van der Waals surface area contributed by atoms with Crippen LogP contribution in [0.1, 0.15) is 6.92 Å². The predicted octanol–water partition coefficient (Wildman–Crippen LogP) is 3.33. The van der Waals surface area contributed by atoms with E-state index in [1.807, 2.05) is 0 Å². The van der Waals surface area contributed by atoms with Crippen molar-refractivity contribution in [2.75, 3.05) is 6.61 Å². The summed E-state index contributed by atoms with van der Waals surface area (Å²) in [5.74, 6) is -0.185. The average molecular weight is 253 g/mol. The van der Waals surface area contributed by atoms with Gasteiger partial charge in [-0.3, -0.25) is 0 Å². The van der Waals surface area contributed by atoms with Gasteiger partial charge in [0, 0.05) is 11.8 Å². The summed E-state index contributed by atoms with van der Waals surface area (Å²) < 4.78 is 18.7. The molecule has 0 N–H and O–H groups in total. The molecule has 2 aromatic rings. The number of rotatable bonds is 3. The van der Waals surface area contributed by atoms with Crippen LogP contribution in [0.5, 0.6) is 5.75 Å². The van der Waals surface area contributed by atoms with Crippen LogP contribution in [0.15, 0.2) is 30.5 Å². The van der Waals surface area contributed by atoms with Crippen LogP contribution in [-0.2, 0) is 0 Å². The Kier molecular flexibility index (Phi) is 3.54. The van der Waals surface area contributed by atoms with Crippen molar-refractivity contribution in [3.63, 3.8) is 0 Å². The molecule has 3 nitrogen and oxygen atoms in total. The van der Waals surface area contributed by atoms with Gasteiger partial charge >= 0.3 is 0 Å². The first-order chi connectivity index (χ1) is 8.20. The quantitative estimate of drug-likeness (QED) is 0.786. The van der Waals surface area contributed by atoms with Crippen molar-refractivity contribution in [2.24, 2.45) is 0 Å². The highest BCUT2D eigenvalue weighted by molar-refractivity contribution is 6.28. The molecular formula is C12H10ClFN2O. The summed E-state index contributed by atoms with van der Waals surface area (Å²) in [6, 6.07) is 6.33. The minimum absolute atomic E-state index is 0.136. The predicted molar refractivity (Wildman–Crippen MR) is 63.6 cm³/mol. The van der Waals surface area contributed by atoms with E-state index in [0.29, 0.717) is 17.9 Å². The van der Waals surface area contributed by atoms with Crippen molar-refractivity contribution in [2.45, 2.75) is 6.92 Å². The topological polar surface area (TPSA) is 35.0 Å². The summed E-state index contributed by atoms with van der Waals surface area (Å²) in [4.78, 5) is 7.78. The van der Waals surface area contributed by atoms with E-state index >= 15 is 0 Å². The fourth-order valence-corrected chi connectivity index (χ4v) is 1.58. The van der Waals surface area contributed by atoms with Crippen LogP contribution in [0.25, 0.3) is 11.3 Å². The van der Waals surface area contributed by atoms with E-state index < -0.39 is 5.82 Å². The van der Waals surface area contributed by atoms with Crippen LogP contribution >= 0.6 is 11.6 Å². The third kappa shape index (κ3) is 2.71. The maximum atomic E-state index is 13.6. The van der Waals surface area contributed by atoms with Gasteiger partial charge in [0.25, 0.3) is 0 Å². The van der Waals surface area contributed by atoms with Crippen molar-refractivity contribution >= 4 is 11.6 Å². The van der Waals surface area contributed by atoms with Crippen LogP contribution in [0.3, 0.4) is 0 Å². The summed E-state index contributed by atoms with van der Waals surface area (Å²) in [7, 11) is 0. The molecule has 0 spiro atoms. The molecule has 0 bridgehead atoms.